The van der Waals surface area contributed by atoms with Gasteiger partial charge in [0.05, 0.1) is 18.2 Å². The summed E-state index contributed by atoms with van der Waals surface area (Å²) < 4.78 is 52.2. The standard InChI is InChI=1S/C21H23F3N6O2/c1-31-13-5-4-10-29(11-13)15-12-32-16-7-3-2-6-14(16)18(15)26-17-8-9-25-20-27-19(21(22,23)24)28-30(17)20/h2-3,6-9,13,15,18,26H,4-5,10-12H2,1H3. The molecule has 3 unspecified atom stereocenters. The fourth-order valence-corrected chi connectivity index (χ4v) is 4.48. The lowest BCUT2D eigenvalue weighted by Crippen LogP contribution is -2.53. The summed E-state index contributed by atoms with van der Waals surface area (Å²) in [5, 5.41) is 7.07. The van der Waals surface area contributed by atoms with Gasteiger partial charge >= 0.3 is 6.18 Å². The van der Waals surface area contributed by atoms with Gasteiger partial charge in [0.1, 0.15) is 18.2 Å². The molecule has 170 valence electrons. The van der Waals surface area contributed by atoms with E-state index in [0.29, 0.717) is 12.4 Å². The van der Waals surface area contributed by atoms with Crippen molar-refractivity contribution < 1.29 is 22.6 Å². The first-order valence-electron chi connectivity index (χ1n) is 10.5. The first-order valence-corrected chi connectivity index (χ1v) is 10.5. The summed E-state index contributed by atoms with van der Waals surface area (Å²) in [7, 11) is 1.72. The Balaban J connectivity index is 1.52. The minimum atomic E-state index is -4.65. The van der Waals surface area contributed by atoms with E-state index in [-0.39, 0.29) is 24.0 Å². The van der Waals surface area contributed by atoms with E-state index in [2.05, 4.69) is 25.3 Å². The molecule has 11 heteroatoms. The third-order valence-electron chi connectivity index (χ3n) is 6.06. The SMILES string of the molecule is COC1CCCN(C2COc3ccccc3C2Nc2ccnc3nc(C(F)(F)F)nn23)C1. The highest BCUT2D eigenvalue weighted by Gasteiger charge is 2.39. The van der Waals surface area contributed by atoms with Crippen molar-refractivity contribution >= 4 is 11.6 Å². The molecule has 2 aliphatic heterocycles. The molecule has 8 nitrogen and oxygen atoms in total. The number of alkyl halides is 3. The number of halogens is 3. The number of likely N-dealkylation sites (tertiary alicyclic amines) is 1. The number of hydrogen-bond donors (Lipinski definition) is 1. The second-order valence-corrected chi connectivity index (χ2v) is 8.01. The first kappa shape index (κ1) is 21.0. The van der Waals surface area contributed by atoms with E-state index in [4.69, 9.17) is 9.47 Å². The summed E-state index contributed by atoms with van der Waals surface area (Å²) in [5.41, 5.74) is 0.935. The Morgan fingerprint density at radius 3 is 2.88 bits per heavy atom. The van der Waals surface area contributed by atoms with Gasteiger partial charge in [0, 0.05) is 25.4 Å². The molecule has 1 fully saturated rings. The minimum Gasteiger partial charge on any atom is -0.491 e. The molecule has 4 heterocycles. The lowest BCUT2D eigenvalue weighted by atomic mass is 9.93. The predicted molar refractivity (Wildman–Crippen MR) is 109 cm³/mol. The van der Waals surface area contributed by atoms with Crippen LogP contribution in [0.25, 0.3) is 5.78 Å². The Morgan fingerprint density at radius 2 is 2.06 bits per heavy atom. The average molecular weight is 448 g/mol. The summed E-state index contributed by atoms with van der Waals surface area (Å²) in [6.45, 7) is 2.10. The van der Waals surface area contributed by atoms with E-state index in [1.807, 2.05) is 24.3 Å². The van der Waals surface area contributed by atoms with Crippen LogP contribution in [0.1, 0.15) is 30.3 Å². The maximum Gasteiger partial charge on any atom is 0.453 e. The van der Waals surface area contributed by atoms with E-state index < -0.39 is 12.0 Å². The molecule has 0 saturated carbocycles. The number of methoxy groups -OCH3 is 1. The summed E-state index contributed by atoms with van der Waals surface area (Å²) in [6.07, 6.45) is -1.09. The monoisotopic (exact) mass is 448 g/mol. The van der Waals surface area contributed by atoms with Crippen molar-refractivity contribution in [2.24, 2.45) is 0 Å². The van der Waals surface area contributed by atoms with Crippen LogP contribution in [-0.4, -0.2) is 63.4 Å². The van der Waals surface area contributed by atoms with Crippen LogP contribution in [0.15, 0.2) is 36.5 Å². The number of fused-ring (bicyclic) bond motifs is 2. The molecule has 1 saturated heterocycles. The van der Waals surface area contributed by atoms with Gasteiger partial charge < -0.3 is 14.8 Å². The molecule has 0 bridgehead atoms. The molecule has 1 aromatic carbocycles. The maximum atomic E-state index is 13.2. The third kappa shape index (κ3) is 3.86. The van der Waals surface area contributed by atoms with Crippen LogP contribution in [0.4, 0.5) is 19.0 Å². The normalized spacial score (nSPS) is 24.2. The van der Waals surface area contributed by atoms with Gasteiger partial charge in [-0.15, -0.1) is 5.10 Å². The minimum absolute atomic E-state index is 0.0447. The number of nitrogens with one attached hydrogen (secondary N) is 1. The zero-order valence-electron chi connectivity index (χ0n) is 17.4. The summed E-state index contributed by atoms with van der Waals surface area (Å²) in [5.74, 6) is -0.204. The van der Waals surface area contributed by atoms with Crippen LogP contribution in [0.3, 0.4) is 0 Å². The van der Waals surface area contributed by atoms with E-state index in [1.165, 1.54) is 6.20 Å². The van der Waals surface area contributed by atoms with Crippen molar-refractivity contribution in [3.63, 3.8) is 0 Å². The van der Waals surface area contributed by atoms with Crippen LogP contribution in [-0.2, 0) is 10.9 Å². The molecule has 0 aliphatic carbocycles. The Labute approximate surface area is 182 Å². The van der Waals surface area contributed by atoms with Crippen molar-refractivity contribution in [3.8, 4) is 5.75 Å². The Morgan fingerprint density at radius 1 is 1.22 bits per heavy atom. The highest BCUT2D eigenvalue weighted by atomic mass is 19.4. The summed E-state index contributed by atoms with van der Waals surface area (Å²) in [4.78, 5) is 9.80. The van der Waals surface area contributed by atoms with Gasteiger partial charge in [-0.25, -0.2) is 4.98 Å². The number of para-hydroxylation sites is 1. The van der Waals surface area contributed by atoms with Crippen LogP contribution >= 0.6 is 0 Å². The Kier molecular flexibility index (Phi) is 5.38. The number of ether oxygens (including phenoxy) is 2. The number of anilines is 1. The van der Waals surface area contributed by atoms with Gasteiger partial charge in [0.25, 0.3) is 11.6 Å². The zero-order chi connectivity index (χ0) is 22.3. The van der Waals surface area contributed by atoms with Crippen molar-refractivity contribution in [2.45, 2.75) is 37.2 Å². The third-order valence-corrected chi connectivity index (χ3v) is 6.06. The van der Waals surface area contributed by atoms with Crippen LogP contribution in [0.2, 0.25) is 0 Å². The quantitative estimate of drug-likeness (QED) is 0.657. The average Bonchev–Trinajstić information content (AvgIpc) is 3.25. The second kappa shape index (κ2) is 8.21. The fraction of sp³-hybridized carbons (Fsp3) is 0.476. The second-order valence-electron chi connectivity index (χ2n) is 8.01. The molecule has 0 amide bonds. The highest BCUT2D eigenvalue weighted by Crippen LogP contribution is 2.37. The number of hydrogen-bond acceptors (Lipinski definition) is 7. The van der Waals surface area contributed by atoms with Crippen molar-refractivity contribution in [1.29, 1.82) is 0 Å². The number of benzene rings is 1. The summed E-state index contributed by atoms with van der Waals surface area (Å²) >= 11 is 0. The maximum absolute atomic E-state index is 13.2. The van der Waals surface area contributed by atoms with Gasteiger partial charge in [-0.05, 0) is 31.5 Å². The van der Waals surface area contributed by atoms with Gasteiger partial charge in [-0.1, -0.05) is 18.2 Å². The number of nitrogens with zero attached hydrogens (tertiary/aromatic N) is 5. The molecule has 0 spiro atoms. The van der Waals surface area contributed by atoms with Crippen LogP contribution in [0.5, 0.6) is 5.75 Å². The molecular weight excluding hydrogens is 425 g/mol. The number of rotatable bonds is 4. The zero-order valence-corrected chi connectivity index (χ0v) is 17.4. The van der Waals surface area contributed by atoms with E-state index in [9.17, 15) is 13.2 Å². The van der Waals surface area contributed by atoms with Crippen molar-refractivity contribution in [3.05, 3.63) is 47.9 Å². The van der Waals surface area contributed by atoms with E-state index in [0.717, 1.165) is 41.8 Å². The van der Waals surface area contributed by atoms with Gasteiger partial charge in [-0.3, -0.25) is 4.90 Å². The molecule has 5 rings (SSSR count). The van der Waals surface area contributed by atoms with Crippen molar-refractivity contribution in [1.82, 2.24) is 24.5 Å². The van der Waals surface area contributed by atoms with Crippen LogP contribution in [0, 0.1) is 0 Å². The Bertz CT molecular complexity index is 1100. The smallest absolute Gasteiger partial charge is 0.453 e. The van der Waals surface area contributed by atoms with Gasteiger partial charge in [0.2, 0.25) is 0 Å². The highest BCUT2D eigenvalue weighted by molar-refractivity contribution is 5.49. The van der Waals surface area contributed by atoms with E-state index >= 15 is 0 Å². The molecule has 3 atom stereocenters. The first-order chi connectivity index (χ1) is 15.4. The lowest BCUT2D eigenvalue weighted by molar-refractivity contribution is -0.144. The van der Waals surface area contributed by atoms with Crippen molar-refractivity contribution in [2.75, 3.05) is 32.1 Å². The van der Waals surface area contributed by atoms with Gasteiger partial charge in [-0.2, -0.15) is 22.7 Å². The Hall–Kier alpha value is -2.92. The molecule has 0 radical (unpaired) electrons. The lowest BCUT2D eigenvalue weighted by Gasteiger charge is -2.44. The topological polar surface area (TPSA) is 76.8 Å². The van der Waals surface area contributed by atoms with E-state index in [1.54, 1.807) is 13.2 Å². The molecular formula is C21H23F3N6O2. The number of aromatic nitrogens is 4. The molecule has 1 N–H and O–H groups in total. The summed E-state index contributed by atoms with van der Waals surface area (Å²) in [6, 6.07) is 9.01. The molecule has 3 aromatic rings. The van der Waals surface area contributed by atoms with Crippen LogP contribution < -0.4 is 10.1 Å². The fourth-order valence-electron chi connectivity index (χ4n) is 4.48. The largest absolute Gasteiger partial charge is 0.491 e. The molecule has 32 heavy (non-hydrogen) atoms. The number of piperidine rings is 1. The molecule has 2 aromatic heterocycles. The molecule has 2 aliphatic rings. The van der Waals surface area contributed by atoms with Gasteiger partial charge in [0.15, 0.2) is 0 Å². The predicted octanol–water partition coefficient (Wildman–Crippen LogP) is 3.17.